The molecule has 3 N–H and O–H groups in total. The van der Waals surface area contributed by atoms with Gasteiger partial charge in [-0.3, -0.25) is 9.89 Å². The van der Waals surface area contributed by atoms with Gasteiger partial charge in [-0.15, -0.1) is 0 Å². The molecule has 7 heteroatoms. The zero-order valence-electron chi connectivity index (χ0n) is 17.9. The number of carbonyl (C=O) groups is 2. The van der Waals surface area contributed by atoms with Crippen molar-refractivity contribution in [1.29, 1.82) is 0 Å². The fourth-order valence-corrected chi connectivity index (χ4v) is 3.90. The van der Waals surface area contributed by atoms with Crippen LogP contribution in [0, 0.1) is 0 Å². The number of carbonyl (C=O) groups excluding carboxylic acids is 2. The van der Waals surface area contributed by atoms with Crippen LogP contribution in [0.5, 0.6) is 0 Å². The van der Waals surface area contributed by atoms with Gasteiger partial charge in [0, 0.05) is 17.7 Å². The molecule has 1 aliphatic heterocycles. The summed E-state index contributed by atoms with van der Waals surface area (Å²) in [5.41, 5.74) is 5.39. The first-order valence-corrected chi connectivity index (χ1v) is 10.8. The normalized spacial score (nSPS) is 12.3. The Kier molecular flexibility index (Phi) is 5.59. The number of benzene rings is 3. The van der Waals surface area contributed by atoms with Crippen molar-refractivity contribution in [2.75, 3.05) is 5.32 Å². The second-order valence-electron chi connectivity index (χ2n) is 7.93. The van der Waals surface area contributed by atoms with Gasteiger partial charge >= 0.3 is 6.03 Å². The fraction of sp³-hybridized carbons (Fsp3) is 0.115. The maximum absolute atomic E-state index is 12.8. The minimum atomic E-state index is -0.240. The van der Waals surface area contributed by atoms with E-state index >= 15 is 0 Å². The van der Waals surface area contributed by atoms with E-state index in [4.69, 9.17) is 0 Å². The first-order chi connectivity index (χ1) is 16.2. The van der Waals surface area contributed by atoms with E-state index in [0.29, 0.717) is 31.0 Å². The Morgan fingerprint density at radius 1 is 0.848 bits per heavy atom. The van der Waals surface area contributed by atoms with Crippen LogP contribution >= 0.6 is 0 Å². The second-order valence-corrected chi connectivity index (χ2v) is 7.93. The summed E-state index contributed by atoms with van der Waals surface area (Å²) in [6.45, 7) is 1.27. The number of nitrogens with zero attached hydrogens (tertiary/aromatic N) is 2. The van der Waals surface area contributed by atoms with E-state index in [1.54, 1.807) is 17.0 Å². The molecular weight excluding hydrogens is 414 g/mol. The third kappa shape index (κ3) is 4.48. The molecular formula is C26H23N5O2. The fourth-order valence-electron chi connectivity index (χ4n) is 3.90. The Labute approximate surface area is 191 Å². The van der Waals surface area contributed by atoms with Crippen LogP contribution in [-0.2, 0) is 19.6 Å². The lowest BCUT2D eigenvalue weighted by molar-refractivity contribution is 0.102. The summed E-state index contributed by atoms with van der Waals surface area (Å²) in [6.07, 6.45) is 0. The lowest BCUT2D eigenvalue weighted by Crippen LogP contribution is -2.36. The maximum atomic E-state index is 12.8. The highest BCUT2D eigenvalue weighted by Crippen LogP contribution is 2.27. The van der Waals surface area contributed by atoms with E-state index in [2.05, 4.69) is 20.8 Å². The van der Waals surface area contributed by atoms with Crippen LogP contribution in [0.15, 0.2) is 84.9 Å². The van der Waals surface area contributed by atoms with Gasteiger partial charge in [-0.05, 0) is 28.8 Å². The van der Waals surface area contributed by atoms with E-state index in [9.17, 15) is 9.59 Å². The molecule has 0 unspecified atom stereocenters. The summed E-state index contributed by atoms with van der Waals surface area (Å²) in [5.74, 6) is 0.219. The molecule has 0 bridgehead atoms. The quantitative estimate of drug-likeness (QED) is 0.428. The Morgan fingerprint density at radius 2 is 1.52 bits per heavy atom. The van der Waals surface area contributed by atoms with Gasteiger partial charge in [-0.25, -0.2) is 4.79 Å². The molecule has 0 fully saturated rings. The summed E-state index contributed by atoms with van der Waals surface area (Å²) in [7, 11) is 0. The molecule has 0 atom stereocenters. The molecule has 1 aromatic heterocycles. The van der Waals surface area contributed by atoms with Crippen LogP contribution in [0.3, 0.4) is 0 Å². The van der Waals surface area contributed by atoms with Gasteiger partial charge < -0.3 is 15.5 Å². The molecule has 0 spiro atoms. The molecule has 1 aliphatic rings. The Morgan fingerprint density at radius 3 is 2.24 bits per heavy atom. The first-order valence-electron chi connectivity index (χ1n) is 10.8. The first kappa shape index (κ1) is 20.5. The lowest BCUT2D eigenvalue weighted by atomic mass is 10.0. The monoisotopic (exact) mass is 437 g/mol. The van der Waals surface area contributed by atoms with Crippen LogP contribution < -0.4 is 10.6 Å². The average molecular weight is 438 g/mol. The summed E-state index contributed by atoms with van der Waals surface area (Å²) in [4.78, 5) is 27.0. The van der Waals surface area contributed by atoms with Crippen LogP contribution in [0.2, 0.25) is 0 Å². The Bertz CT molecular complexity index is 1270. The average Bonchev–Trinajstić information content (AvgIpc) is 3.46. The van der Waals surface area contributed by atoms with Crippen LogP contribution in [0.1, 0.15) is 27.2 Å². The Hall–Kier alpha value is -4.39. The number of hydrogen-bond donors (Lipinski definition) is 3. The van der Waals surface area contributed by atoms with Gasteiger partial charge in [-0.2, -0.15) is 5.10 Å². The molecule has 0 radical (unpaired) electrons. The number of amides is 3. The van der Waals surface area contributed by atoms with E-state index in [-0.39, 0.29) is 11.9 Å². The smallest absolute Gasteiger partial charge is 0.318 e. The van der Waals surface area contributed by atoms with Crippen molar-refractivity contribution in [2.45, 2.75) is 19.6 Å². The lowest BCUT2D eigenvalue weighted by Gasteiger charge is -2.17. The summed E-state index contributed by atoms with van der Waals surface area (Å²) in [6, 6.07) is 27.1. The van der Waals surface area contributed by atoms with Crippen LogP contribution in [0.4, 0.5) is 10.6 Å². The zero-order valence-corrected chi connectivity index (χ0v) is 17.9. The molecule has 5 rings (SSSR count). The van der Waals surface area contributed by atoms with Gasteiger partial charge in [0.2, 0.25) is 0 Å². The second kappa shape index (κ2) is 9.00. The van der Waals surface area contributed by atoms with Crippen molar-refractivity contribution in [3.05, 3.63) is 107 Å². The number of nitrogens with one attached hydrogen (secondary N) is 3. The molecule has 33 heavy (non-hydrogen) atoms. The summed E-state index contributed by atoms with van der Waals surface area (Å²) in [5, 5.41) is 13.0. The highest BCUT2D eigenvalue weighted by molar-refractivity contribution is 6.04. The predicted molar refractivity (Wildman–Crippen MR) is 126 cm³/mol. The SMILES string of the molecule is O=C(Nc1n[nH]c2c1CN(C(=O)NCc1ccccc1)C2)c1ccc(-c2ccccc2)cc1. The van der Waals surface area contributed by atoms with Gasteiger partial charge in [0.1, 0.15) is 0 Å². The molecule has 2 heterocycles. The Balaban J connectivity index is 1.21. The highest BCUT2D eigenvalue weighted by Gasteiger charge is 2.28. The zero-order chi connectivity index (χ0) is 22.6. The van der Waals surface area contributed by atoms with Crippen molar-refractivity contribution in [1.82, 2.24) is 20.4 Å². The van der Waals surface area contributed by atoms with Gasteiger partial charge in [0.25, 0.3) is 5.91 Å². The number of hydrogen-bond acceptors (Lipinski definition) is 3. The number of anilines is 1. The van der Waals surface area contributed by atoms with E-state index in [1.165, 1.54) is 0 Å². The maximum Gasteiger partial charge on any atom is 0.318 e. The van der Waals surface area contributed by atoms with E-state index in [0.717, 1.165) is 27.9 Å². The van der Waals surface area contributed by atoms with Crippen LogP contribution in [0.25, 0.3) is 11.1 Å². The van der Waals surface area contributed by atoms with Gasteiger partial charge in [0.05, 0.1) is 18.8 Å². The third-order valence-electron chi connectivity index (χ3n) is 5.71. The van der Waals surface area contributed by atoms with E-state index in [1.807, 2.05) is 72.8 Å². The minimum Gasteiger partial charge on any atom is -0.334 e. The summed E-state index contributed by atoms with van der Waals surface area (Å²) < 4.78 is 0. The van der Waals surface area contributed by atoms with Gasteiger partial charge in [0.15, 0.2) is 5.82 Å². The predicted octanol–water partition coefficient (Wildman–Crippen LogP) is 4.55. The molecule has 7 nitrogen and oxygen atoms in total. The van der Waals surface area contributed by atoms with Crippen molar-refractivity contribution >= 4 is 17.8 Å². The number of aromatic amines is 1. The van der Waals surface area contributed by atoms with Gasteiger partial charge in [-0.1, -0.05) is 72.8 Å². The van der Waals surface area contributed by atoms with Crippen molar-refractivity contribution in [3.8, 4) is 11.1 Å². The highest BCUT2D eigenvalue weighted by atomic mass is 16.2. The van der Waals surface area contributed by atoms with E-state index < -0.39 is 0 Å². The number of aromatic nitrogens is 2. The molecule has 0 saturated carbocycles. The van der Waals surface area contributed by atoms with Crippen molar-refractivity contribution in [2.24, 2.45) is 0 Å². The van der Waals surface area contributed by atoms with Crippen molar-refractivity contribution < 1.29 is 9.59 Å². The number of urea groups is 1. The number of H-pyrrole nitrogens is 1. The summed E-state index contributed by atoms with van der Waals surface area (Å²) >= 11 is 0. The van der Waals surface area contributed by atoms with Crippen LogP contribution in [-0.4, -0.2) is 27.0 Å². The number of rotatable bonds is 5. The molecule has 0 aliphatic carbocycles. The minimum absolute atomic E-state index is 0.155. The van der Waals surface area contributed by atoms with Crippen molar-refractivity contribution in [3.63, 3.8) is 0 Å². The number of fused-ring (bicyclic) bond motifs is 1. The molecule has 4 aromatic rings. The molecule has 164 valence electrons. The largest absolute Gasteiger partial charge is 0.334 e. The molecule has 3 aromatic carbocycles. The standard InChI is InChI=1S/C26H23N5O2/c32-25(21-13-11-20(12-14-21)19-9-5-2-6-10-19)28-24-22-16-31(17-23(22)29-30-24)26(33)27-15-18-7-3-1-4-8-18/h1-14H,15-17H2,(H,27,33)(H2,28,29,30,32). The third-order valence-corrected chi connectivity index (χ3v) is 5.71. The topological polar surface area (TPSA) is 90.1 Å². The molecule has 3 amide bonds. The molecule has 0 saturated heterocycles.